The van der Waals surface area contributed by atoms with E-state index in [-0.39, 0.29) is 5.91 Å². The van der Waals surface area contributed by atoms with E-state index in [9.17, 15) is 4.79 Å². The molecule has 0 unspecified atom stereocenters. The van der Waals surface area contributed by atoms with Crippen molar-refractivity contribution in [3.05, 3.63) is 35.4 Å². The van der Waals surface area contributed by atoms with Crippen LogP contribution in [-0.2, 0) is 0 Å². The van der Waals surface area contributed by atoms with E-state index < -0.39 is 0 Å². The van der Waals surface area contributed by atoms with Gasteiger partial charge in [0.1, 0.15) is 0 Å². The highest BCUT2D eigenvalue weighted by Gasteiger charge is 2.14. The van der Waals surface area contributed by atoms with Gasteiger partial charge in [-0.05, 0) is 63.9 Å². The molecule has 1 fully saturated rings. The van der Waals surface area contributed by atoms with Gasteiger partial charge in [0, 0.05) is 12.1 Å². The van der Waals surface area contributed by atoms with Gasteiger partial charge >= 0.3 is 0 Å². The third kappa shape index (κ3) is 4.64. The smallest absolute Gasteiger partial charge is 0.251 e. The Morgan fingerprint density at radius 2 is 2.10 bits per heavy atom. The summed E-state index contributed by atoms with van der Waals surface area (Å²) >= 11 is 0. The average molecular weight is 274 g/mol. The molecule has 3 nitrogen and oxygen atoms in total. The monoisotopic (exact) mass is 274 g/mol. The largest absolute Gasteiger partial charge is 0.352 e. The molecule has 0 saturated carbocycles. The van der Waals surface area contributed by atoms with Crippen LogP contribution < -0.4 is 5.32 Å². The van der Waals surface area contributed by atoms with Crippen LogP contribution in [0.3, 0.4) is 0 Å². The van der Waals surface area contributed by atoms with E-state index in [1.165, 1.54) is 25.9 Å². The first-order chi connectivity index (χ1) is 9.65. The molecule has 1 aliphatic heterocycles. The minimum Gasteiger partial charge on any atom is -0.352 e. The van der Waals surface area contributed by atoms with Crippen LogP contribution >= 0.6 is 0 Å². The summed E-state index contributed by atoms with van der Waals surface area (Å²) in [6, 6.07) is 7.74. The fourth-order valence-electron chi connectivity index (χ4n) is 2.68. The molecule has 1 aromatic rings. The average Bonchev–Trinajstić information content (AvgIpc) is 2.45. The Balaban J connectivity index is 1.64. The van der Waals surface area contributed by atoms with Crippen molar-refractivity contribution >= 4 is 5.91 Å². The molecule has 1 N–H and O–H groups in total. The molecule has 20 heavy (non-hydrogen) atoms. The number of hydrogen-bond donors (Lipinski definition) is 1. The van der Waals surface area contributed by atoms with Crippen molar-refractivity contribution in [1.82, 2.24) is 10.2 Å². The molecule has 0 radical (unpaired) electrons. The normalized spacial score (nSPS) is 17.1. The van der Waals surface area contributed by atoms with Gasteiger partial charge in [-0.3, -0.25) is 4.79 Å². The second kappa shape index (κ2) is 7.44. The van der Waals surface area contributed by atoms with Gasteiger partial charge in [0.15, 0.2) is 0 Å². The molecular weight excluding hydrogens is 248 g/mol. The molecule has 1 amide bonds. The zero-order valence-electron chi connectivity index (χ0n) is 12.7. The summed E-state index contributed by atoms with van der Waals surface area (Å²) in [5.41, 5.74) is 1.89. The predicted molar refractivity (Wildman–Crippen MR) is 83.0 cm³/mol. The summed E-state index contributed by atoms with van der Waals surface area (Å²) in [6.07, 6.45) is 3.66. The number of nitrogens with zero attached hydrogens (tertiary/aromatic N) is 1. The Bertz CT molecular complexity index is 436. The highest BCUT2D eigenvalue weighted by atomic mass is 16.1. The Hall–Kier alpha value is -1.35. The Morgan fingerprint density at radius 1 is 1.35 bits per heavy atom. The van der Waals surface area contributed by atoms with Gasteiger partial charge in [-0.2, -0.15) is 0 Å². The zero-order chi connectivity index (χ0) is 14.4. The van der Waals surface area contributed by atoms with Gasteiger partial charge in [-0.25, -0.2) is 0 Å². The van der Waals surface area contributed by atoms with Crippen LogP contribution in [0.1, 0.15) is 42.1 Å². The van der Waals surface area contributed by atoms with Crippen molar-refractivity contribution < 1.29 is 4.79 Å². The lowest BCUT2D eigenvalue weighted by Gasteiger charge is -2.30. The number of nitrogens with one attached hydrogen (secondary N) is 1. The quantitative estimate of drug-likeness (QED) is 0.837. The summed E-state index contributed by atoms with van der Waals surface area (Å²) in [5.74, 6) is 0.924. The van der Waals surface area contributed by atoms with Crippen LogP contribution in [0.25, 0.3) is 0 Å². The molecule has 0 bridgehead atoms. The maximum absolute atomic E-state index is 12.0. The second-order valence-electron chi connectivity index (χ2n) is 6.00. The first-order valence-corrected chi connectivity index (χ1v) is 7.72. The van der Waals surface area contributed by atoms with Crippen molar-refractivity contribution in [3.63, 3.8) is 0 Å². The molecule has 3 heteroatoms. The number of carbonyl (C=O) groups is 1. The topological polar surface area (TPSA) is 32.3 Å². The highest BCUT2D eigenvalue weighted by Crippen LogP contribution is 2.15. The van der Waals surface area contributed by atoms with Gasteiger partial charge < -0.3 is 10.2 Å². The molecule has 1 saturated heterocycles. The number of hydrogen-bond acceptors (Lipinski definition) is 2. The van der Waals surface area contributed by atoms with Gasteiger partial charge in [-0.1, -0.05) is 24.6 Å². The molecule has 2 rings (SSSR count). The maximum atomic E-state index is 12.0. The summed E-state index contributed by atoms with van der Waals surface area (Å²) in [7, 11) is 0. The Labute approximate surface area is 122 Å². The number of carbonyl (C=O) groups excluding carboxylic acids is 1. The predicted octanol–water partition coefficient (Wildman–Crippen LogP) is 2.85. The number of aryl methyl sites for hydroxylation is 1. The van der Waals surface area contributed by atoms with Crippen molar-refractivity contribution in [2.24, 2.45) is 5.92 Å². The van der Waals surface area contributed by atoms with Crippen LogP contribution in [0.15, 0.2) is 24.3 Å². The number of rotatable bonds is 5. The number of likely N-dealkylation sites (tertiary alicyclic amines) is 1. The molecule has 0 aliphatic carbocycles. The molecule has 0 aromatic heterocycles. The van der Waals surface area contributed by atoms with Gasteiger partial charge in [0.25, 0.3) is 5.91 Å². The van der Waals surface area contributed by atoms with Crippen LogP contribution in [-0.4, -0.2) is 37.0 Å². The molecule has 0 atom stereocenters. The van der Waals surface area contributed by atoms with Crippen LogP contribution in [0.2, 0.25) is 0 Å². The van der Waals surface area contributed by atoms with Gasteiger partial charge in [-0.15, -0.1) is 0 Å². The molecule has 1 aliphatic rings. The summed E-state index contributed by atoms with van der Waals surface area (Å²) in [5, 5.41) is 3.01. The molecule has 1 heterocycles. The first-order valence-electron chi connectivity index (χ1n) is 7.72. The number of piperidine rings is 1. The first kappa shape index (κ1) is 15.0. The standard InChI is InChI=1S/C17H26N2O/c1-14-7-11-19(12-8-14)10-4-9-18-17(20)16-6-3-5-15(2)13-16/h3,5-6,13-14H,4,7-12H2,1-2H3,(H,18,20). The van der Waals surface area contributed by atoms with Gasteiger partial charge in [0.2, 0.25) is 0 Å². The van der Waals surface area contributed by atoms with E-state index in [4.69, 9.17) is 0 Å². The molecule has 0 spiro atoms. The van der Waals surface area contributed by atoms with Crippen molar-refractivity contribution in [2.45, 2.75) is 33.1 Å². The number of amides is 1. The van der Waals surface area contributed by atoms with E-state index >= 15 is 0 Å². The second-order valence-corrected chi connectivity index (χ2v) is 6.00. The Morgan fingerprint density at radius 3 is 2.80 bits per heavy atom. The fraction of sp³-hybridized carbons (Fsp3) is 0.588. The Kier molecular flexibility index (Phi) is 5.60. The zero-order valence-corrected chi connectivity index (χ0v) is 12.7. The van der Waals surface area contributed by atoms with Crippen molar-refractivity contribution in [1.29, 1.82) is 0 Å². The minimum atomic E-state index is 0.0426. The highest BCUT2D eigenvalue weighted by molar-refractivity contribution is 5.94. The van der Waals surface area contributed by atoms with E-state index in [0.717, 1.165) is 36.6 Å². The van der Waals surface area contributed by atoms with Gasteiger partial charge in [0.05, 0.1) is 0 Å². The summed E-state index contributed by atoms with van der Waals surface area (Å²) in [6.45, 7) is 8.63. The third-order valence-corrected chi connectivity index (χ3v) is 4.09. The lowest BCUT2D eigenvalue weighted by molar-refractivity contribution is 0.0950. The van der Waals surface area contributed by atoms with E-state index in [2.05, 4.69) is 17.1 Å². The van der Waals surface area contributed by atoms with Crippen LogP contribution in [0.4, 0.5) is 0 Å². The number of benzene rings is 1. The van der Waals surface area contributed by atoms with E-state index in [0.29, 0.717) is 0 Å². The molecule has 110 valence electrons. The lowest BCUT2D eigenvalue weighted by Crippen LogP contribution is -2.35. The summed E-state index contributed by atoms with van der Waals surface area (Å²) < 4.78 is 0. The van der Waals surface area contributed by atoms with Crippen LogP contribution in [0, 0.1) is 12.8 Å². The third-order valence-electron chi connectivity index (χ3n) is 4.09. The summed E-state index contributed by atoms with van der Waals surface area (Å²) in [4.78, 5) is 14.5. The van der Waals surface area contributed by atoms with Crippen molar-refractivity contribution in [2.75, 3.05) is 26.2 Å². The molecule has 1 aromatic carbocycles. The fourth-order valence-corrected chi connectivity index (χ4v) is 2.68. The maximum Gasteiger partial charge on any atom is 0.251 e. The van der Waals surface area contributed by atoms with Crippen molar-refractivity contribution in [3.8, 4) is 0 Å². The molecular formula is C17H26N2O. The van der Waals surface area contributed by atoms with E-state index in [1.807, 2.05) is 31.2 Å². The van der Waals surface area contributed by atoms with Crippen LogP contribution in [0.5, 0.6) is 0 Å². The lowest BCUT2D eigenvalue weighted by atomic mass is 9.99. The SMILES string of the molecule is Cc1cccc(C(=O)NCCCN2CCC(C)CC2)c1. The minimum absolute atomic E-state index is 0.0426. The van der Waals surface area contributed by atoms with E-state index in [1.54, 1.807) is 0 Å².